The first-order valence-corrected chi connectivity index (χ1v) is 11.0. The van der Waals surface area contributed by atoms with Crippen LogP contribution < -0.4 is 0 Å². The summed E-state index contributed by atoms with van der Waals surface area (Å²) in [6.07, 6.45) is 6.87. The summed E-state index contributed by atoms with van der Waals surface area (Å²) in [6, 6.07) is 28.8. The molecule has 142 valence electrons. The van der Waals surface area contributed by atoms with Crippen molar-refractivity contribution in [2.75, 3.05) is 0 Å². The van der Waals surface area contributed by atoms with Gasteiger partial charge in [0.15, 0.2) is 0 Å². The average Bonchev–Trinajstić information content (AvgIpc) is 3.27. The largest absolute Gasteiger partial charge is 0.0837 e. The van der Waals surface area contributed by atoms with Crippen LogP contribution in [0.3, 0.4) is 0 Å². The number of halogens is 1. The van der Waals surface area contributed by atoms with Gasteiger partial charge in [-0.1, -0.05) is 96.5 Å². The van der Waals surface area contributed by atoms with E-state index < -0.39 is 0 Å². The zero-order valence-electron chi connectivity index (χ0n) is 16.5. The van der Waals surface area contributed by atoms with Crippen molar-refractivity contribution in [3.05, 3.63) is 124 Å². The molecule has 7 rings (SSSR count). The molecule has 4 aromatic rings. The van der Waals surface area contributed by atoms with Crippen molar-refractivity contribution in [3.8, 4) is 11.1 Å². The van der Waals surface area contributed by atoms with Crippen molar-refractivity contribution < 1.29 is 0 Å². The first kappa shape index (κ1) is 16.7. The van der Waals surface area contributed by atoms with Crippen LogP contribution in [-0.2, 0) is 5.41 Å². The minimum absolute atomic E-state index is 0.240. The lowest BCUT2D eigenvalue weighted by molar-refractivity contribution is 0.714. The lowest BCUT2D eigenvalue weighted by atomic mass is 9.68. The zero-order valence-corrected chi connectivity index (χ0v) is 17.2. The third kappa shape index (κ3) is 1.80. The molecule has 1 atom stereocenters. The van der Waals surface area contributed by atoms with Crippen molar-refractivity contribution >= 4 is 27.9 Å². The number of hydrogen-bond acceptors (Lipinski definition) is 0. The van der Waals surface area contributed by atoms with E-state index in [2.05, 4.69) is 84.9 Å². The first-order chi connectivity index (χ1) is 14.8. The molecule has 0 aliphatic heterocycles. The summed E-state index contributed by atoms with van der Waals surface area (Å²) >= 11 is 6.83. The second kappa shape index (κ2) is 5.74. The smallest absolute Gasteiger partial charge is 0.0689 e. The van der Waals surface area contributed by atoms with E-state index in [1.165, 1.54) is 55.3 Å². The Hall–Kier alpha value is -3.09. The molecule has 0 bridgehead atoms. The van der Waals surface area contributed by atoms with E-state index in [0.717, 1.165) is 17.9 Å². The fourth-order valence-electron chi connectivity index (χ4n) is 6.22. The standard InChI is InChI=1S/C29H19Cl/c30-26-15-7-14-24-28(26)21-11-4-6-13-23(21)29(24)22-12-5-3-10-20(22)27-19-9-2-1-8-18(19)16-17-25(27)29/h1-4,6-11,13-17H,5,12H2. The van der Waals surface area contributed by atoms with Gasteiger partial charge in [0.25, 0.3) is 0 Å². The molecule has 0 radical (unpaired) electrons. The predicted octanol–water partition coefficient (Wildman–Crippen LogP) is 7.93. The van der Waals surface area contributed by atoms with Gasteiger partial charge in [0, 0.05) is 10.6 Å². The quantitative estimate of drug-likeness (QED) is 0.280. The van der Waals surface area contributed by atoms with Crippen molar-refractivity contribution in [2.24, 2.45) is 0 Å². The SMILES string of the molecule is Clc1cccc2c1-c1ccccc1C21C2=C(C=CCC2)c2c1ccc1ccccc21. The fourth-order valence-corrected chi connectivity index (χ4v) is 6.50. The topological polar surface area (TPSA) is 0 Å². The molecule has 0 amide bonds. The highest BCUT2D eigenvalue weighted by atomic mass is 35.5. The molecule has 1 unspecified atom stereocenters. The van der Waals surface area contributed by atoms with Crippen LogP contribution in [0.15, 0.2) is 96.6 Å². The van der Waals surface area contributed by atoms with E-state index in [0.29, 0.717) is 0 Å². The summed E-state index contributed by atoms with van der Waals surface area (Å²) in [5.74, 6) is 0. The Morgan fingerprint density at radius 2 is 1.50 bits per heavy atom. The highest BCUT2D eigenvalue weighted by Crippen LogP contribution is 2.65. The van der Waals surface area contributed by atoms with Crippen LogP contribution >= 0.6 is 11.6 Å². The maximum atomic E-state index is 6.83. The van der Waals surface area contributed by atoms with Gasteiger partial charge in [-0.2, -0.15) is 0 Å². The molecule has 1 spiro atoms. The Balaban J connectivity index is 1.73. The van der Waals surface area contributed by atoms with Crippen molar-refractivity contribution in [1.82, 2.24) is 0 Å². The van der Waals surface area contributed by atoms with E-state index in [9.17, 15) is 0 Å². The van der Waals surface area contributed by atoms with Crippen LogP contribution in [0.5, 0.6) is 0 Å². The molecule has 0 fully saturated rings. The minimum atomic E-state index is -0.240. The maximum Gasteiger partial charge on any atom is 0.0689 e. The maximum absolute atomic E-state index is 6.83. The highest BCUT2D eigenvalue weighted by Gasteiger charge is 2.53. The molecular formula is C29H19Cl. The van der Waals surface area contributed by atoms with Gasteiger partial charge in [0.05, 0.1) is 5.41 Å². The number of allylic oxidation sites excluding steroid dienone is 4. The average molecular weight is 403 g/mol. The number of hydrogen-bond donors (Lipinski definition) is 0. The molecule has 4 aromatic carbocycles. The number of benzene rings is 4. The van der Waals surface area contributed by atoms with E-state index in [1.54, 1.807) is 0 Å². The molecule has 3 aliphatic carbocycles. The van der Waals surface area contributed by atoms with Crippen LogP contribution in [0.1, 0.15) is 35.1 Å². The third-order valence-electron chi connectivity index (χ3n) is 7.24. The Labute approximate surface area is 181 Å². The van der Waals surface area contributed by atoms with E-state index >= 15 is 0 Å². The Kier molecular flexibility index (Phi) is 3.19. The van der Waals surface area contributed by atoms with E-state index in [-0.39, 0.29) is 5.41 Å². The molecule has 3 aliphatic rings. The second-order valence-corrected chi connectivity index (χ2v) is 8.91. The van der Waals surface area contributed by atoms with Crippen LogP contribution in [0.4, 0.5) is 0 Å². The number of fused-ring (bicyclic) bond motifs is 11. The van der Waals surface area contributed by atoms with Gasteiger partial charge < -0.3 is 0 Å². The minimum Gasteiger partial charge on any atom is -0.0837 e. The molecule has 0 saturated carbocycles. The van der Waals surface area contributed by atoms with Gasteiger partial charge in [-0.25, -0.2) is 0 Å². The molecule has 0 aromatic heterocycles. The second-order valence-electron chi connectivity index (χ2n) is 8.50. The summed E-state index contributed by atoms with van der Waals surface area (Å²) in [6.45, 7) is 0. The molecule has 1 heteroatoms. The van der Waals surface area contributed by atoms with Gasteiger partial charge >= 0.3 is 0 Å². The van der Waals surface area contributed by atoms with Crippen LogP contribution in [0.25, 0.3) is 27.5 Å². The van der Waals surface area contributed by atoms with Gasteiger partial charge in [-0.15, -0.1) is 0 Å². The summed E-state index contributed by atoms with van der Waals surface area (Å²) in [7, 11) is 0. The summed E-state index contributed by atoms with van der Waals surface area (Å²) in [5.41, 5.74) is 10.7. The van der Waals surface area contributed by atoms with E-state index in [4.69, 9.17) is 11.6 Å². The van der Waals surface area contributed by atoms with Crippen molar-refractivity contribution in [2.45, 2.75) is 18.3 Å². The lowest BCUT2D eigenvalue weighted by Crippen LogP contribution is -2.27. The van der Waals surface area contributed by atoms with Crippen LogP contribution in [-0.4, -0.2) is 0 Å². The summed E-state index contributed by atoms with van der Waals surface area (Å²) < 4.78 is 0. The summed E-state index contributed by atoms with van der Waals surface area (Å²) in [5, 5.41) is 3.50. The molecule has 0 N–H and O–H groups in total. The zero-order chi connectivity index (χ0) is 19.9. The number of rotatable bonds is 0. The monoisotopic (exact) mass is 402 g/mol. The fraction of sp³-hybridized carbons (Fsp3) is 0.103. The van der Waals surface area contributed by atoms with Gasteiger partial charge in [-0.3, -0.25) is 0 Å². The summed E-state index contributed by atoms with van der Waals surface area (Å²) in [4.78, 5) is 0. The normalized spacial score (nSPS) is 20.4. The first-order valence-electron chi connectivity index (χ1n) is 10.6. The van der Waals surface area contributed by atoms with Crippen LogP contribution in [0, 0.1) is 0 Å². The van der Waals surface area contributed by atoms with Gasteiger partial charge in [0.2, 0.25) is 0 Å². The molecule has 30 heavy (non-hydrogen) atoms. The Morgan fingerprint density at radius 1 is 0.700 bits per heavy atom. The van der Waals surface area contributed by atoms with Gasteiger partial charge in [-0.05, 0) is 68.6 Å². The highest BCUT2D eigenvalue weighted by molar-refractivity contribution is 6.34. The molecule has 0 saturated heterocycles. The lowest BCUT2D eigenvalue weighted by Gasteiger charge is -2.33. The Morgan fingerprint density at radius 3 is 2.47 bits per heavy atom. The van der Waals surface area contributed by atoms with Crippen molar-refractivity contribution in [3.63, 3.8) is 0 Å². The Bertz CT molecular complexity index is 1450. The predicted molar refractivity (Wildman–Crippen MR) is 126 cm³/mol. The molecule has 0 heterocycles. The van der Waals surface area contributed by atoms with E-state index in [1.807, 2.05) is 6.07 Å². The third-order valence-corrected chi connectivity index (χ3v) is 7.56. The molecular weight excluding hydrogens is 384 g/mol. The molecule has 0 nitrogen and oxygen atoms in total. The van der Waals surface area contributed by atoms with Crippen molar-refractivity contribution in [1.29, 1.82) is 0 Å². The van der Waals surface area contributed by atoms with Gasteiger partial charge in [0.1, 0.15) is 0 Å². The van der Waals surface area contributed by atoms with Crippen LogP contribution in [0.2, 0.25) is 5.02 Å².